The summed E-state index contributed by atoms with van der Waals surface area (Å²) in [7, 11) is -2.03. The predicted molar refractivity (Wildman–Crippen MR) is 317 cm³/mol. The van der Waals surface area contributed by atoms with Crippen molar-refractivity contribution in [3.8, 4) is 58.6 Å². The van der Waals surface area contributed by atoms with Gasteiger partial charge in [0.2, 0.25) is 0 Å². The molecule has 0 aliphatic rings. The fraction of sp³-hybridized carbons (Fsp3) is 0.731. The fourth-order valence-electron chi connectivity index (χ4n) is 10.4. The molecule has 0 aliphatic heterocycles. The highest BCUT2D eigenvalue weighted by atomic mass is 28.3. The zero-order valence-electron chi connectivity index (χ0n) is 48.7. The van der Waals surface area contributed by atoms with E-state index in [9.17, 15) is 0 Å². The smallest absolute Gasteiger partial charge is 0.146 e. The Bertz CT molecular complexity index is 1820. The van der Waals surface area contributed by atoms with Crippen LogP contribution in [0.4, 0.5) is 0 Å². The monoisotopic (exact) mass is 1010 g/mol. The van der Waals surface area contributed by atoms with Crippen molar-refractivity contribution in [3.05, 3.63) is 46.5 Å². The lowest BCUT2D eigenvalue weighted by molar-refractivity contribution is 0.294. The molecular weight excluding hydrogens is 897 g/mol. The average molecular weight is 1010 g/mol. The molecule has 2 rings (SSSR count). The van der Waals surface area contributed by atoms with Gasteiger partial charge in [0.25, 0.3) is 0 Å². The molecule has 0 atom stereocenters. The first-order chi connectivity index (χ1) is 35.1. The third-order valence-electron chi connectivity index (χ3n) is 15.0. The van der Waals surface area contributed by atoms with E-state index in [1.807, 2.05) is 12.1 Å². The largest absolute Gasteiger partial charge is 0.492 e. The minimum Gasteiger partial charge on any atom is -0.492 e. The lowest BCUT2D eigenvalue weighted by Crippen LogP contribution is -2.43. The molecule has 0 saturated heterocycles. The number of rotatable bonds is 43. The molecule has 0 aliphatic carbocycles. The van der Waals surface area contributed by atoms with Gasteiger partial charge in [-0.15, -0.1) is 12.0 Å². The van der Waals surface area contributed by atoms with Crippen molar-refractivity contribution < 1.29 is 18.9 Å². The normalized spacial score (nSPS) is 11.4. The maximum Gasteiger partial charge on any atom is 0.146 e. The van der Waals surface area contributed by atoms with Gasteiger partial charge in [-0.2, -0.15) is 0 Å². The van der Waals surface area contributed by atoms with Gasteiger partial charge in [0.05, 0.1) is 48.7 Å². The molecule has 2 aromatic carbocycles. The van der Waals surface area contributed by atoms with Crippen molar-refractivity contribution in [3.63, 3.8) is 0 Å². The quantitative estimate of drug-likeness (QED) is 0.0377. The van der Waals surface area contributed by atoms with E-state index in [-0.39, 0.29) is 0 Å². The standard InChI is InChI=1S/C67H110O4Si/c1-12-17-21-25-29-33-37-41-48-68-64-54-61(65(53-60(64)16-5)69-49-42-38-34-30-26-22-18-13-2)45-46-62-55-67(71-51-44-40-36-32-28-24-20-15-4)63(47-52-72(57(6)7,58(8)9)59(10)11)56-66(62)70-50-43-39-35-31-27-23-19-14-3/h5,53-59H,12-15,17-44,48-51H2,1-4,6-11H3. The van der Waals surface area contributed by atoms with Crippen LogP contribution in [0.3, 0.4) is 0 Å². The number of ether oxygens (including phenoxy) is 4. The Hall–Kier alpha value is -3.46. The molecule has 0 radical (unpaired) electrons. The average Bonchev–Trinajstić information content (AvgIpc) is 3.36. The van der Waals surface area contributed by atoms with E-state index in [1.54, 1.807) is 0 Å². The number of terminal acetylenes is 1. The Morgan fingerprint density at radius 1 is 0.333 bits per heavy atom. The molecule has 0 bridgehead atoms. The van der Waals surface area contributed by atoms with E-state index >= 15 is 0 Å². The Morgan fingerprint density at radius 2 is 0.556 bits per heavy atom. The van der Waals surface area contributed by atoms with Crippen LogP contribution in [0.5, 0.6) is 23.0 Å². The minimum atomic E-state index is -2.03. The Labute approximate surface area is 447 Å². The molecule has 0 saturated carbocycles. The molecule has 0 heterocycles. The second kappa shape index (κ2) is 41.8. The van der Waals surface area contributed by atoms with Crippen LogP contribution in [0.15, 0.2) is 24.3 Å². The summed E-state index contributed by atoms with van der Waals surface area (Å²) in [4.78, 5) is 0. The molecule has 0 aromatic heterocycles. The Morgan fingerprint density at radius 3 is 0.806 bits per heavy atom. The predicted octanol–water partition coefficient (Wildman–Crippen LogP) is 20.7. The van der Waals surface area contributed by atoms with Gasteiger partial charge in [0, 0.05) is 24.3 Å². The highest BCUT2D eigenvalue weighted by molar-refractivity contribution is 6.90. The molecule has 406 valence electrons. The van der Waals surface area contributed by atoms with Gasteiger partial charge in [-0.05, 0) is 42.3 Å². The molecular formula is C67H110O4Si. The second-order valence-corrected chi connectivity index (χ2v) is 27.6. The fourth-order valence-corrected chi connectivity index (χ4v) is 15.6. The Balaban J connectivity index is 2.65. The van der Waals surface area contributed by atoms with E-state index in [0.29, 0.717) is 60.1 Å². The van der Waals surface area contributed by atoms with E-state index in [4.69, 9.17) is 25.4 Å². The van der Waals surface area contributed by atoms with E-state index in [1.165, 1.54) is 161 Å². The molecule has 0 spiro atoms. The van der Waals surface area contributed by atoms with Crippen LogP contribution >= 0.6 is 0 Å². The maximum absolute atomic E-state index is 6.78. The maximum atomic E-state index is 6.78. The second-order valence-electron chi connectivity index (χ2n) is 22.0. The van der Waals surface area contributed by atoms with E-state index in [2.05, 4.69) is 111 Å². The van der Waals surface area contributed by atoms with Gasteiger partial charge in [-0.1, -0.05) is 273 Å². The van der Waals surface area contributed by atoms with E-state index < -0.39 is 8.07 Å². The lowest BCUT2D eigenvalue weighted by atomic mass is 10.1. The highest BCUT2D eigenvalue weighted by Crippen LogP contribution is 2.41. The summed E-state index contributed by atoms with van der Waals surface area (Å²) in [6, 6.07) is 8.25. The first-order valence-electron chi connectivity index (χ1n) is 30.5. The molecule has 72 heavy (non-hydrogen) atoms. The molecule has 0 fully saturated rings. The zero-order chi connectivity index (χ0) is 52.5. The van der Waals surface area contributed by atoms with Crippen LogP contribution in [-0.4, -0.2) is 34.5 Å². The summed E-state index contributed by atoms with van der Waals surface area (Å²) in [5.74, 6) is 16.9. The number of benzene rings is 2. The third kappa shape index (κ3) is 26.7. The highest BCUT2D eigenvalue weighted by Gasteiger charge is 2.41. The Kier molecular flexibility index (Phi) is 37.6. The van der Waals surface area contributed by atoms with Gasteiger partial charge in [-0.25, -0.2) is 0 Å². The molecule has 0 amide bonds. The van der Waals surface area contributed by atoms with Crippen molar-refractivity contribution in [2.75, 3.05) is 26.4 Å². The SMILES string of the molecule is C#Cc1cc(OCCCCCCCCCC)c(C#Cc2cc(OCCCCCCCCCC)c(C#C[Si](C(C)C)(C(C)C)C(C)C)cc2OCCCCCCCCCC)cc1OCCCCCCCCCC. The van der Waals surface area contributed by atoms with E-state index in [0.717, 1.165) is 73.1 Å². The number of hydrogen-bond acceptors (Lipinski definition) is 4. The van der Waals surface area contributed by atoms with Gasteiger partial charge in [-0.3, -0.25) is 0 Å². The van der Waals surface area contributed by atoms with Crippen LogP contribution in [0.1, 0.15) is 297 Å². The summed E-state index contributed by atoms with van der Waals surface area (Å²) in [6.07, 6.45) is 46.1. The molecule has 2 aromatic rings. The third-order valence-corrected chi connectivity index (χ3v) is 21.2. The van der Waals surface area contributed by atoms with Crippen LogP contribution in [0.25, 0.3) is 0 Å². The zero-order valence-corrected chi connectivity index (χ0v) is 49.7. The lowest BCUT2D eigenvalue weighted by Gasteiger charge is -2.38. The topological polar surface area (TPSA) is 36.9 Å². The van der Waals surface area contributed by atoms with Gasteiger partial charge in [0.1, 0.15) is 31.1 Å². The first-order valence-corrected chi connectivity index (χ1v) is 32.7. The van der Waals surface area contributed by atoms with Crippen LogP contribution < -0.4 is 18.9 Å². The molecule has 0 unspecified atom stereocenters. The van der Waals surface area contributed by atoms with Crippen molar-refractivity contribution in [2.45, 2.75) is 291 Å². The van der Waals surface area contributed by atoms with Crippen LogP contribution in [0.2, 0.25) is 16.6 Å². The summed E-state index contributed by atoms with van der Waals surface area (Å²) < 4.78 is 26.6. The van der Waals surface area contributed by atoms with Crippen molar-refractivity contribution in [2.24, 2.45) is 0 Å². The van der Waals surface area contributed by atoms with Crippen LogP contribution in [-0.2, 0) is 0 Å². The van der Waals surface area contributed by atoms with Crippen molar-refractivity contribution in [1.82, 2.24) is 0 Å². The first kappa shape index (κ1) is 64.7. The molecule has 5 heteroatoms. The van der Waals surface area contributed by atoms with Crippen molar-refractivity contribution >= 4 is 8.07 Å². The number of hydrogen-bond donors (Lipinski definition) is 0. The summed E-state index contributed by atoms with van der Waals surface area (Å²) in [6.45, 7) is 26.0. The summed E-state index contributed by atoms with van der Waals surface area (Å²) in [5, 5.41) is 0. The van der Waals surface area contributed by atoms with Crippen molar-refractivity contribution in [1.29, 1.82) is 0 Å². The minimum absolute atomic E-state index is 0.525. The molecule has 0 N–H and O–H groups in total. The van der Waals surface area contributed by atoms with Gasteiger partial charge in [0.15, 0.2) is 0 Å². The van der Waals surface area contributed by atoms with Gasteiger partial charge < -0.3 is 18.9 Å². The number of unbranched alkanes of at least 4 members (excludes halogenated alkanes) is 28. The summed E-state index contributed by atoms with van der Waals surface area (Å²) >= 11 is 0. The molecule has 4 nitrogen and oxygen atoms in total. The van der Waals surface area contributed by atoms with Gasteiger partial charge >= 0.3 is 0 Å². The van der Waals surface area contributed by atoms with Crippen LogP contribution in [0, 0.1) is 35.6 Å². The summed E-state index contributed by atoms with van der Waals surface area (Å²) in [5.41, 5.74) is 8.79.